The van der Waals surface area contributed by atoms with E-state index in [1.807, 2.05) is 0 Å². The van der Waals surface area contributed by atoms with E-state index >= 15 is 0 Å². The number of phenols is 1. The van der Waals surface area contributed by atoms with Crippen LogP contribution < -0.4 is 16.2 Å². The lowest BCUT2D eigenvalue weighted by Crippen LogP contribution is -2.17. The fourth-order valence-corrected chi connectivity index (χ4v) is 1.92. The number of primary amides is 1. The van der Waals surface area contributed by atoms with Crippen LogP contribution in [0.5, 0.6) is 11.5 Å². The van der Waals surface area contributed by atoms with Crippen LogP contribution in [-0.2, 0) is 20.7 Å². The number of benzene rings is 1. The average Bonchev–Trinajstić information content (AvgIpc) is 2.52. The molecule has 0 aliphatic rings. The lowest BCUT2D eigenvalue weighted by Gasteiger charge is -2.11. The van der Waals surface area contributed by atoms with Crippen molar-refractivity contribution in [1.82, 2.24) is 0 Å². The predicted octanol–water partition coefficient (Wildman–Crippen LogP) is -0.397. The third kappa shape index (κ3) is 5.85. The zero-order chi connectivity index (χ0) is 17.2. The number of carbonyl (C=O) groups excluding carboxylic acids is 2. The summed E-state index contributed by atoms with van der Waals surface area (Å²) in [6.07, 6.45) is -0.0836. The van der Waals surface area contributed by atoms with Gasteiger partial charge in [0.05, 0.1) is 26.9 Å². The maximum absolute atomic E-state index is 11.8. The van der Waals surface area contributed by atoms with E-state index in [2.05, 4.69) is 0 Å². The van der Waals surface area contributed by atoms with Crippen molar-refractivity contribution < 1.29 is 28.9 Å². The molecule has 23 heavy (non-hydrogen) atoms. The summed E-state index contributed by atoms with van der Waals surface area (Å²) in [4.78, 5) is 23.2. The molecular weight excluding hydrogens is 304 g/mol. The molecule has 1 amide bonds. The van der Waals surface area contributed by atoms with E-state index in [1.165, 1.54) is 19.2 Å². The number of rotatable bonds is 11. The van der Waals surface area contributed by atoms with E-state index in [1.54, 1.807) is 0 Å². The number of ketones is 1. The number of hydrogen-bond acceptors (Lipinski definition) is 7. The molecule has 0 heterocycles. The fourth-order valence-electron chi connectivity index (χ4n) is 1.92. The number of carbonyl (C=O) groups is 2. The SMILES string of the molecule is COc1ccc(CC(=O)COCCOCCN)c(O)c1C(N)=O. The summed E-state index contributed by atoms with van der Waals surface area (Å²) in [6, 6.07) is 2.98. The van der Waals surface area contributed by atoms with Crippen molar-refractivity contribution in [3.63, 3.8) is 0 Å². The number of Topliss-reactive ketones (excluding diaryl/α,β-unsaturated/α-hetero) is 1. The van der Waals surface area contributed by atoms with Crippen molar-refractivity contribution in [2.24, 2.45) is 11.5 Å². The maximum Gasteiger partial charge on any atom is 0.256 e. The number of hydrogen-bond donors (Lipinski definition) is 3. The van der Waals surface area contributed by atoms with Gasteiger partial charge in [0, 0.05) is 18.5 Å². The fraction of sp³-hybridized carbons (Fsp3) is 0.467. The van der Waals surface area contributed by atoms with Gasteiger partial charge in [-0.1, -0.05) is 6.07 Å². The number of ether oxygens (including phenoxy) is 3. The minimum Gasteiger partial charge on any atom is -0.507 e. The van der Waals surface area contributed by atoms with Gasteiger partial charge >= 0.3 is 0 Å². The molecule has 8 nitrogen and oxygen atoms in total. The Morgan fingerprint density at radius 3 is 2.48 bits per heavy atom. The van der Waals surface area contributed by atoms with Crippen LogP contribution >= 0.6 is 0 Å². The Bertz CT molecular complexity index is 547. The van der Waals surface area contributed by atoms with Crippen molar-refractivity contribution in [2.45, 2.75) is 6.42 Å². The molecule has 0 fully saturated rings. The molecule has 1 rings (SSSR count). The summed E-state index contributed by atoms with van der Waals surface area (Å²) in [5.41, 5.74) is 10.6. The molecule has 0 aliphatic heterocycles. The first-order valence-electron chi connectivity index (χ1n) is 7.07. The van der Waals surface area contributed by atoms with Crippen LogP contribution in [0.3, 0.4) is 0 Å². The molecule has 0 bridgehead atoms. The van der Waals surface area contributed by atoms with Gasteiger partial charge in [0.15, 0.2) is 5.78 Å². The Balaban J connectivity index is 2.58. The highest BCUT2D eigenvalue weighted by Gasteiger charge is 2.19. The lowest BCUT2D eigenvalue weighted by atomic mass is 10.0. The topological polar surface area (TPSA) is 134 Å². The van der Waals surface area contributed by atoms with E-state index in [4.69, 9.17) is 25.7 Å². The van der Waals surface area contributed by atoms with Crippen LogP contribution in [0.4, 0.5) is 0 Å². The van der Waals surface area contributed by atoms with Gasteiger partial charge in [-0.05, 0) is 6.07 Å². The molecule has 0 atom stereocenters. The van der Waals surface area contributed by atoms with E-state index in [-0.39, 0.29) is 48.0 Å². The number of nitrogens with two attached hydrogens (primary N) is 2. The highest BCUT2D eigenvalue weighted by Crippen LogP contribution is 2.31. The highest BCUT2D eigenvalue weighted by atomic mass is 16.5. The average molecular weight is 326 g/mol. The lowest BCUT2D eigenvalue weighted by molar-refractivity contribution is -0.123. The molecule has 0 aromatic heterocycles. The van der Waals surface area contributed by atoms with Gasteiger partial charge in [0.25, 0.3) is 5.91 Å². The molecule has 0 unspecified atom stereocenters. The van der Waals surface area contributed by atoms with Crippen molar-refractivity contribution in [3.05, 3.63) is 23.3 Å². The molecule has 0 saturated carbocycles. The molecule has 0 spiro atoms. The minimum atomic E-state index is -0.832. The molecule has 0 radical (unpaired) electrons. The molecule has 5 N–H and O–H groups in total. The van der Waals surface area contributed by atoms with E-state index in [9.17, 15) is 14.7 Å². The summed E-state index contributed by atoms with van der Waals surface area (Å²) in [5.74, 6) is -1.28. The van der Waals surface area contributed by atoms with Crippen molar-refractivity contribution in [3.8, 4) is 11.5 Å². The van der Waals surface area contributed by atoms with Gasteiger partial charge in [-0.3, -0.25) is 9.59 Å². The quantitative estimate of drug-likeness (QED) is 0.471. The van der Waals surface area contributed by atoms with Gasteiger partial charge in [-0.2, -0.15) is 0 Å². The number of amides is 1. The first kappa shape index (κ1) is 18.9. The second-order valence-electron chi connectivity index (χ2n) is 4.68. The van der Waals surface area contributed by atoms with Gasteiger partial charge in [-0.25, -0.2) is 0 Å². The third-order valence-electron chi connectivity index (χ3n) is 2.97. The largest absolute Gasteiger partial charge is 0.507 e. The van der Waals surface area contributed by atoms with E-state index in [0.717, 1.165) is 0 Å². The Morgan fingerprint density at radius 2 is 1.87 bits per heavy atom. The summed E-state index contributed by atoms with van der Waals surface area (Å²) < 4.78 is 15.2. The summed E-state index contributed by atoms with van der Waals surface area (Å²) in [6.45, 7) is 1.37. The Labute approximate surface area is 134 Å². The number of methoxy groups -OCH3 is 1. The van der Waals surface area contributed by atoms with Crippen molar-refractivity contribution >= 4 is 11.7 Å². The minimum absolute atomic E-state index is 0.0836. The molecule has 0 saturated heterocycles. The van der Waals surface area contributed by atoms with Gasteiger partial charge < -0.3 is 30.8 Å². The third-order valence-corrected chi connectivity index (χ3v) is 2.97. The van der Waals surface area contributed by atoms with Gasteiger partial charge in [0.2, 0.25) is 0 Å². The second-order valence-corrected chi connectivity index (χ2v) is 4.68. The zero-order valence-corrected chi connectivity index (χ0v) is 13.0. The second kappa shape index (κ2) is 9.78. The Hall–Kier alpha value is -2.16. The Morgan fingerprint density at radius 1 is 1.17 bits per heavy atom. The van der Waals surface area contributed by atoms with Gasteiger partial charge in [-0.15, -0.1) is 0 Å². The monoisotopic (exact) mass is 326 g/mol. The first-order chi connectivity index (χ1) is 11.0. The predicted molar refractivity (Wildman–Crippen MR) is 82.6 cm³/mol. The van der Waals surface area contributed by atoms with Crippen LogP contribution in [0.25, 0.3) is 0 Å². The normalized spacial score (nSPS) is 10.5. The van der Waals surface area contributed by atoms with Crippen LogP contribution in [0, 0.1) is 0 Å². The first-order valence-corrected chi connectivity index (χ1v) is 7.07. The Kier molecular flexibility index (Phi) is 8.03. The molecule has 1 aromatic rings. The zero-order valence-electron chi connectivity index (χ0n) is 13.0. The maximum atomic E-state index is 11.8. The van der Waals surface area contributed by atoms with Crippen LogP contribution in [-0.4, -0.2) is 56.9 Å². The van der Waals surface area contributed by atoms with Gasteiger partial charge in [0.1, 0.15) is 23.7 Å². The van der Waals surface area contributed by atoms with E-state index < -0.39 is 5.91 Å². The number of aromatic hydroxyl groups is 1. The highest BCUT2D eigenvalue weighted by molar-refractivity contribution is 5.99. The standard InChI is InChI=1S/C15H22N2O6/c1-21-12-3-2-10(14(19)13(12)15(17)20)8-11(18)9-23-7-6-22-5-4-16/h2-3,19H,4-9,16H2,1H3,(H2,17,20). The molecule has 0 aliphatic carbocycles. The van der Waals surface area contributed by atoms with Crippen molar-refractivity contribution in [2.75, 3.05) is 40.1 Å². The molecular formula is C15H22N2O6. The molecule has 1 aromatic carbocycles. The summed E-state index contributed by atoms with van der Waals surface area (Å²) >= 11 is 0. The molecule has 8 heteroatoms. The summed E-state index contributed by atoms with van der Waals surface area (Å²) in [5, 5.41) is 10.1. The van der Waals surface area contributed by atoms with E-state index in [0.29, 0.717) is 19.8 Å². The van der Waals surface area contributed by atoms with Crippen LogP contribution in [0.1, 0.15) is 15.9 Å². The van der Waals surface area contributed by atoms with Crippen LogP contribution in [0.15, 0.2) is 12.1 Å². The van der Waals surface area contributed by atoms with Crippen molar-refractivity contribution in [1.29, 1.82) is 0 Å². The summed E-state index contributed by atoms with van der Waals surface area (Å²) in [7, 11) is 1.35. The smallest absolute Gasteiger partial charge is 0.256 e. The van der Waals surface area contributed by atoms with Crippen LogP contribution in [0.2, 0.25) is 0 Å². The molecule has 128 valence electrons.